The minimum Gasteiger partial charge on any atom is -0.337 e. The van der Waals surface area contributed by atoms with Crippen molar-refractivity contribution in [3.05, 3.63) is 46.9 Å². The topological polar surface area (TPSA) is 49.6 Å². The molecule has 166 valence electrons. The van der Waals surface area contributed by atoms with E-state index in [4.69, 9.17) is 16.6 Å². The summed E-state index contributed by atoms with van der Waals surface area (Å²) in [7, 11) is 0. The lowest BCUT2D eigenvalue weighted by atomic mass is 9.91. The van der Waals surface area contributed by atoms with Gasteiger partial charge in [0.05, 0.1) is 10.7 Å². The number of fused-ring (bicyclic) bond motifs is 3. The first-order chi connectivity index (χ1) is 15.2. The van der Waals surface area contributed by atoms with E-state index in [1.54, 1.807) is 0 Å². The van der Waals surface area contributed by atoms with Gasteiger partial charge in [0, 0.05) is 25.8 Å². The number of allylic oxidation sites excluding steroid dienone is 2. The molecule has 1 amide bonds. The number of hydrogen-bond donors (Lipinski definition) is 1. The van der Waals surface area contributed by atoms with Gasteiger partial charge < -0.3 is 14.6 Å². The first-order valence-corrected chi connectivity index (χ1v) is 12.4. The van der Waals surface area contributed by atoms with Gasteiger partial charge >= 0.3 is 0 Å². The maximum atomic E-state index is 13.5. The molecule has 2 aromatic heterocycles. The predicted molar refractivity (Wildman–Crippen MR) is 124 cm³/mol. The first-order valence-electron chi connectivity index (χ1n) is 12.0. The molecule has 1 saturated carbocycles. The number of halogens is 1. The third-order valence-electron chi connectivity index (χ3n) is 7.43. The molecular weight excluding hydrogens is 408 g/mol. The second-order valence-electron chi connectivity index (χ2n) is 9.55. The van der Waals surface area contributed by atoms with Crippen LogP contribution in [-0.4, -0.2) is 39.8 Å². The van der Waals surface area contributed by atoms with E-state index in [9.17, 15) is 4.79 Å². The fraction of sp³-hybridized carbons (Fsp3) is 0.600. The van der Waals surface area contributed by atoms with E-state index in [2.05, 4.69) is 17.5 Å². The van der Waals surface area contributed by atoms with Crippen LogP contribution in [0.5, 0.6) is 0 Å². The molecule has 1 aliphatic heterocycles. The van der Waals surface area contributed by atoms with Crippen LogP contribution in [0.2, 0.25) is 5.02 Å². The van der Waals surface area contributed by atoms with Crippen molar-refractivity contribution >= 4 is 23.2 Å². The van der Waals surface area contributed by atoms with Crippen molar-refractivity contribution in [2.24, 2.45) is 17.8 Å². The molecule has 6 heteroatoms. The van der Waals surface area contributed by atoms with E-state index < -0.39 is 0 Å². The van der Waals surface area contributed by atoms with Crippen LogP contribution >= 0.6 is 11.6 Å². The highest BCUT2D eigenvalue weighted by Gasteiger charge is 2.34. The quantitative estimate of drug-likeness (QED) is 0.503. The summed E-state index contributed by atoms with van der Waals surface area (Å²) in [5, 5.41) is 4.27. The van der Waals surface area contributed by atoms with Crippen molar-refractivity contribution in [1.29, 1.82) is 0 Å². The van der Waals surface area contributed by atoms with Crippen LogP contribution in [0.15, 0.2) is 30.5 Å². The largest absolute Gasteiger partial charge is 0.337 e. The van der Waals surface area contributed by atoms with E-state index in [0.29, 0.717) is 17.3 Å². The van der Waals surface area contributed by atoms with Crippen LogP contribution in [0, 0.1) is 17.8 Å². The normalized spacial score (nSPS) is 25.8. The number of aromatic nitrogens is 2. The SMILES string of the molecule is O=C(c1nc2ccc(Cl)cn2c1CNCC[C@@H]1C[C@@H]2C=C[C@H]1C2)N1CCCCCCC1. The number of rotatable bonds is 6. The molecule has 3 atom stereocenters. The molecule has 2 aromatic rings. The van der Waals surface area contributed by atoms with Gasteiger partial charge in [0.15, 0.2) is 5.69 Å². The molecule has 2 fully saturated rings. The number of pyridine rings is 1. The first kappa shape index (κ1) is 21.0. The average Bonchev–Trinajstić information content (AvgIpc) is 3.45. The van der Waals surface area contributed by atoms with Crippen molar-refractivity contribution in [2.45, 2.75) is 57.9 Å². The number of imidazole rings is 1. The number of hydrogen-bond acceptors (Lipinski definition) is 3. The summed E-state index contributed by atoms with van der Waals surface area (Å²) in [4.78, 5) is 20.2. The van der Waals surface area contributed by atoms with Crippen molar-refractivity contribution in [1.82, 2.24) is 19.6 Å². The van der Waals surface area contributed by atoms with Gasteiger partial charge in [0.1, 0.15) is 5.65 Å². The molecule has 3 heterocycles. The second-order valence-corrected chi connectivity index (χ2v) is 9.98. The second kappa shape index (κ2) is 9.33. The van der Waals surface area contributed by atoms with Crippen LogP contribution in [0.3, 0.4) is 0 Å². The molecule has 0 spiro atoms. The van der Waals surface area contributed by atoms with Gasteiger partial charge in [0.25, 0.3) is 5.91 Å². The molecule has 0 radical (unpaired) electrons. The van der Waals surface area contributed by atoms with Crippen molar-refractivity contribution in [3.63, 3.8) is 0 Å². The molecule has 2 aliphatic carbocycles. The number of carbonyl (C=O) groups is 1. The van der Waals surface area contributed by atoms with Gasteiger partial charge in [-0.15, -0.1) is 0 Å². The molecule has 0 unspecified atom stereocenters. The molecule has 1 N–H and O–H groups in total. The Labute approximate surface area is 189 Å². The molecular formula is C25H33ClN4O. The molecule has 1 saturated heterocycles. The van der Waals surface area contributed by atoms with Crippen molar-refractivity contribution < 1.29 is 4.79 Å². The molecule has 31 heavy (non-hydrogen) atoms. The minimum absolute atomic E-state index is 0.0664. The smallest absolute Gasteiger partial charge is 0.274 e. The summed E-state index contributed by atoms with van der Waals surface area (Å²) < 4.78 is 1.99. The van der Waals surface area contributed by atoms with Gasteiger partial charge in [0.2, 0.25) is 0 Å². The highest BCUT2D eigenvalue weighted by molar-refractivity contribution is 6.30. The van der Waals surface area contributed by atoms with Crippen molar-refractivity contribution in [3.8, 4) is 0 Å². The fourth-order valence-corrected chi connectivity index (χ4v) is 5.89. The lowest BCUT2D eigenvalue weighted by Crippen LogP contribution is -2.35. The standard InChI is InChI=1S/C25H33ClN4O/c26-21-8-9-23-28-24(25(31)29-12-4-2-1-3-5-13-29)22(30(23)17-21)16-27-11-10-20-15-18-6-7-19(20)14-18/h6-9,17-20,27H,1-5,10-16H2/t18-,19+,20-/m1/s1. The molecule has 2 bridgehead atoms. The Morgan fingerprint density at radius 3 is 2.65 bits per heavy atom. The lowest BCUT2D eigenvalue weighted by Gasteiger charge is -2.24. The molecule has 3 aliphatic rings. The maximum absolute atomic E-state index is 13.5. The highest BCUT2D eigenvalue weighted by atomic mass is 35.5. The van der Waals surface area contributed by atoms with Crippen LogP contribution < -0.4 is 5.32 Å². The van der Waals surface area contributed by atoms with Crippen LogP contribution in [0.1, 0.15) is 67.5 Å². The Kier molecular flexibility index (Phi) is 6.33. The fourth-order valence-electron chi connectivity index (χ4n) is 5.73. The van der Waals surface area contributed by atoms with E-state index in [0.717, 1.165) is 61.6 Å². The highest BCUT2D eigenvalue weighted by Crippen LogP contribution is 2.44. The molecule has 5 nitrogen and oxygen atoms in total. The van der Waals surface area contributed by atoms with E-state index in [1.165, 1.54) is 38.5 Å². The van der Waals surface area contributed by atoms with Crippen molar-refractivity contribution in [2.75, 3.05) is 19.6 Å². The molecule has 0 aromatic carbocycles. The van der Waals surface area contributed by atoms with Crippen LogP contribution in [0.25, 0.3) is 5.65 Å². The Morgan fingerprint density at radius 2 is 1.90 bits per heavy atom. The summed E-state index contributed by atoms with van der Waals surface area (Å²) in [5.41, 5.74) is 2.30. The number of nitrogens with zero attached hydrogens (tertiary/aromatic N) is 3. The summed E-state index contributed by atoms with van der Waals surface area (Å²) in [6.07, 6.45) is 16.4. The summed E-state index contributed by atoms with van der Waals surface area (Å²) >= 11 is 6.28. The van der Waals surface area contributed by atoms with Gasteiger partial charge in [-0.05, 0) is 68.5 Å². The zero-order valence-corrected chi connectivity index (χ0v) is 19.0. The zero-order chi connectivity index (χ0) is 21.2. The third kappa shape index (κ3) is 4.54. The summed E-state index contributed by atoms with van der Waals surface area (Å²) in [5.74, 6) is 2.47. The number of nitrogens with one attached hydrogen (secondary N) is 1. The number of likely N-dealkylation sites (tertiary alicyclic amines) is 1. The maximum Gasteiger partial charge on any atom is 0.274 e. The van der Waals surface area contributed by atoms with Gasteiger partial charge in [-0.1, -0.05) is 43.0 Å². The summed E-state index contributed by atoms with van der Waals surface area (Å²) in [6, 6.07) is 3.74. The number of amides is 1. The summed E-state index contributed by atoms with van der Waals surface area (Å²) in [6.45, 7) is 3.26. The van der Waals surface area contributed by atoms with E-state index in [-0.39, 0.29) is 5.91 Å². The molecule has 5 rings (SSSR count). The Balaban J connectivity index is 1.31. The lowest BCUT2D eigenvalue weighted by molar-refractivity contribution is 0.0735. The van der Waals surface area contributed by atoms with E-state index in [1.807, 2.05) is 27.6 Å². The zero-order valence-electron chi connectivity index (χ0n) is 18.2. The minimum atomic E-state index is 0.0664. The third-order valence-corrected chi connectivity index (χ3v) is 7.65. The monoisotopic (exact) mass is 440 g/mol. The number of carbonyl (C=O) groups excluding carboxylic acids is 1. The van der Waals surface area contributed by atoms with Gasteiger partial charge in [-0.2, -0.15) is 0 Å². The van der Waals surface area contributed by atoms with E-state index >= 15 is 0 Å². The van der Waals surface area contributed by atoms with Gasteiger partial charge in [-0.25, -0.2) is 4.98 Å². The van der Waals surface area contributed by atoms with Crippen LogP contribution in [0.4, 0.5) is 0 Å². The Hall–Kier alpha value is -1.85. The Bertz CT molecular complexity index is 960. The average molecular weight is 441 g/mol. The Morgan fingerprint density at radius 1 is 1.10 bits per heavy atom. The van der Waals surface area contributed by atoms with Crippen LogP contribution in [-0.2, 0) is 6.54 Å². The van der Waals surface area contributed by atoms with Gasteiger partial charge in [-0.3, -0.25) is 4.79 Å². The predicted octanol–water partition coefficient (Wildman–Crippen LogP) is 5.09.